The molecule has 0 fully saturated rings. The lowest BCUT2D eigenvalue weighted by Gasteiger charge is -2.19. The van der Waals surface area contributed by atoms with Crippen LogP contribution in [0.1, 0.15) is 18.9 Å². The molecule has 3 N–H and O–H groups in total. The van der Waals surface area contributed by atoms with E-state index < -0.39 is 0 Å². The molecule has 1 aliphatic rings. The van der Waals surface area contributed by atoms with Crippen LogP contribution >= 0.6 is 0 Å². The van der Waals surface area contributed by atoms with Gasteiger partial charge in [-0.1, -0.05) is 6.07 Å². The van der Waals surface area contributed by atoms with Crippen LogP contribution in [0.25, 0.3) is 0 Å². The van der Waals surface area contributed by atoms with Crippen molar-refractivity contribution in [3.63, 3.8) is 0 Å². The molecule has 0 bridgehead atoms. The fraction of sp³-hybridized carbons (Fsp3) is 0.533. The van der Waals surface area contributed by atoms with Gasteiger partial charge in [-0.25, -0.2) is 0 Å². The van der Waals surface area contributed by atoms with Gasteiger partial charge in [0.15, 0.2) is 0 Å². The van der Waals surface area contributed by atoms with E-state index in [9.17, 15) is 4.79 Å². The largest absolute Gasteiger partial charge is 0.490 e. The molecule has 0 aliphatic carbocycles. The van der Waals surface area contributed by atoms with Gasteiger partial charge in [-0.3, -0.25) is 4.79 Å². The molecule has 1 heterocycles. The molecule has 1 aromatic carbocycles. The smallest absolute Gasteiger partial charge is 0.216 e. The number of ether oxygens (including phenoxy) is 1. The number of carbonyl (C=O) groups excluding carboxylic acids is 1. The molecule has 0 saturated carbocycles. The lowest BCUT2D eigenvalue weighted by Crippen LogP contribution is -2.26. The summed E-state index contributed by atoms with van der Waals surface area (Å²) in [5.74, 6) is 0.983. The van der Waals surface area contributed by atoms with Crippen LogP contribution in [0.4, 0.5) is 5.69 Å². The first-order valence-electron chi connectivity index (χ1n) is 7.20. The number of anilines is 1. The highest BCUT2D eigenvalue weighted by Crippen LogP contribution is 2.27. The van der Waals surface area contributed by atoms with Crippen molar-refractivity contribution in [3.8, 4) is 5.75 Å². The summed E-state index contributed by atoms with van der Waals surface area (Å²) in [6, 6.07) is 6.31. The van der Waals surface area contributed by atoms with Crippen molar-refractivity contribution in [2.45, 2.75) is 19.8 Å². The first-order chi connectivity index (χ1) is 9.75. The van der Waals surface area contributed by atoms with Crippen molar-refractivity contribution in [2.24, 2.45) is 0 Å². The second-order valence-electron chi connectivity index (χ2n) is 4.94. The minimum absolute atomic E-state index is 0.0359. The van der Waals surface area contributed by atoms with Crippen molar-refractivity contribution in [3.05, 3.63) is 23.8 Å². The molecule has 1 aromatic rings. The highest BCUT2D eigenvalue weighted by atomic mass is 16.5. The zero-order valence-electron chi connectivity index (χ0n) is 12.0. The van der Waals surface area contributed by atoms with E-state index in [1.807, 2.05) is 6.07 Å². The van der Waals surface area contributed by atoms with Crippen molar-refractivity contribution in [1.82, 2.24) is 10.6 Å². The summed E-state index contributed by atoms with van der Waals surface area (Å²) >= 11 is 0. The predicted octanol–water partition coefficient (Wildman–Crippen LogP) is 1.15. The topological polar surface area (TPSA) is 62.4 Å². The van der Waals surface area contributed by atoms with Crippen LogP contribution in [0.15, 0.2) is 18.2 Å². The molecule has 0 saturated heterocycles. The standard InChI is InChI=1S/C15H23N3O2/c1-12(19)17-7-2-6-16-8-5-13-3-4-15-14(11-13)18-9-10-20-15/h3-4,11,16,18H,2,5-10H2,1H3,(H,17,19). The molecule has 0 atom stereocenters. The van der Waals surface area contributed by atoms with Gasteiger partial charge < -0.3 is 20.7 Å². The number of carbonyl (C=O) groups is 1. The molecule has 5 heteroatoms. The molecule has 5 nitrogen and oxygen atoms in total. The predicted molar refractivity (Wildman–Crippen MR) is 80.3 cm³/mol. The van der Waals surface area contributed by atoms with Crippen molar-refractivity contribution < 1.29 is 9.53 Å². The van der Waals surface area contributed by atoms with Gasteiger partial charge in [-0.05, 0) is 43.6 Å². The highest BCUT2D eigenvalue weighted by molar-refractivity contribution is 5.72. The minimum atomic E-state index is 0.0359. The second kappa shape index (κ2) is 7.75. The number of nitrogens with one attached hydrogen (secondary N) is 3. The second-order valence-corrected chi connectivity index (χ2v) is 4.94. The van der Waals surface area contributed by atoms with E-state index in [1.54, 1.807) is 6.92 Å². The van der Waals surface area contributed by atoms with E-state index in [0.717, 1.165) is 57.1 Å². The van der Waals surface area contributed by atoms with Gasteiger partial charge in [0.25, 0.3) is 0 Å². The summed E-state index contributed by atoms with van der Waals surface area (Å²) in [6.45, 7) is 5.76. The van der Waals surface area contributed by atoms with E-state index in [4.69, 9.17) is 4.74 Å². The molecular weight excluding hydrogens is 254 g/mol. The van der Waals surface area contributed by atoms with Gasteiger partial charge in [-0.2, -0.15) is 0 Å². The van der Waals surface area contributed by atoms with Gasteiger partial charge in [-0.15, -0.1) is 0 Å². The summed E-state index contributed by atoms with van der Waals surface area (Å²) in [6.07, 6.45) is 1.95. The summed E-state index contributed by atoms with van der Waals surface area (Å²) in [7, 11) is 0. The third-order valence-electron chi connectivity index (χ3n) is 3.21. The van der Waals surface area contributed by atoms with Crippen molar-refractivity contribution in [1.29, 1.82) is 0 Å². The zero-order chi connectivity index (χ0) is 14.2. The van der Waals surface area contributed by atoms with Gasteiger partial charge in [0, 0.05) is 20.0 Å². The Labute approximate surface area is 120 Å². The lowest BCUT2D eigenvalue weighted by molar-refractivity contribution is -0.118. The maximum Gasteiger partial charge on any atom is 0.216 e. The van der Waals surface area contributed by atoms with Crippen LogP contribution in [0.5, 0.6) is 5.75 Å². The Bertz CT molecular complexity index is 449. The van der Waals surface area contributed by atoms with Gasteiger partial charge >= 0.3 is 0 Å². The number of hydrogen-bond acceptors (Lipinski definition) is 4. The number of benzene rings is 1. The summed E-state index contributed by atoms with van der Waals surface area (Å²) in [4.78, 5) is 10.7. The summed E-state index contributed by atoms with van der Waals surface area (Å²) in [5, 5.41) is 9.52. The maximum absolute atomic E-state index is 10.7. The zero-order valence-corrected chi connectivity index (χ0v) is 12.0. The monoisotopic (exact) mass is 277 g/mol. The first-order valence-corrected chi connectivity index (χ1v) is 7.20. The van der Waals surface area contributed by atoms with Crippen LogP contribution < -0.4 is 20.7 Å². The minimum Gasteiger partial charge on any atom is -0.490 e. The normalized spacial score (nSPS) is 13.1. The van der Waals surface area contributed by atoms with E-state index >= 15 is 0 Å². The van der Waals surface area contributed by atoms with E-state index in [-0.39, 0.29) is 5.91 Å². The van der Waals surface area contributed by atoms with Crippen LogP contribution in [-0.2, 0) is 11.2 Å². The lowest BCUT2D eigenvalue weighted by atomic mass is 10.1. The van der Waals surface area contributed by atoms with Crippen LogP contribution in [0.2, 0.25) is 0 Å². The SMILES string of the molecule is CC(=O)NCCCNCCc1ccc2c(c1)NCCO2. The van der Waals surface area contributed by atoms with Crippen molar-refractivity contribution >= 4 is 11.6 Å². The van der Waals surface area contributed by atoms with Crippen LogP contribution in [0, 0.1) is 0 Å². The molecule has 110 valence electrons. The van der Waals surface area contributed by atoms with Gasteiger partial charge in [0.2, 0.25) is 5.91 Å². The fourth-order valence-electron chi connectivity index (χ4n) is 2.18. The Morgan fingerprint density at radius 1 is 1.35 bits per heavy atom. The number of hydrogen-bond donors (Lipinski definition) is 3. The number of fused-ring (bicyclic) bond motifs is 1. The fourth-order valence-corrected chi connectivity index (χ4v) is 2.18. The number of rotatable bonds is 7. The van der Waals surface area contributed by atoms with Gasteiger partial charge in [0.05, 0.1) is 5.69 Å². The molecule has 0 spiro atoms. The molecule has 0 unspecified atom stereocenters. The van der Waals surface area contributed by atoms with Crippen molar-refractivity contribution in [2.75, 3.05) is 38.1 Å². The molecule has 1 amide bonds. The van der Waals surface area contributed by atoms with E-state index in [1.165, 1.54) is 5.56 Å². The Balaban J connectivity index is 1.63. The third-order valence-corrected chi connectivity index (χ3v) is 3.21. The Morgan fingerprint density at radius 3 is 3.10 bits per heavy atom. The molecule has 0 aromatic heterocycles. The quantitative estimate of drug-likeness (QED) is 0.654. The highest BCUT2D eigenvalue weighted by Gasteiger charge is 2.09. The summed E-state index contributed by atoms with van der Waals surface area (Å²) in [5.41, 5.74) is 2.40. The first kappa shape index (κ1) is 14.7. The van der Waals surface area contributed by atoms with Crippen LogP contribution in [0.3, 0.4) is 0 Å². The summed E-state index contributed by atoms with van der Waals surface area (Å²) < 4.78 is 5.56. The van der Waals surface area contributed by atoms with E-state index in [2.05, 4.69) is 28.1 Å². The average Bonchev–Trinajstić information content (AvgIpc) is 2.46. The maximum atomic E-state index is 10.7. The third kappa shape index (κ3) is 4.74. The molecule has 2 rings (SSSR count). The van der Waals surface area contributed by atoms with Crippen LogP contribution in [-0.4, -0.2) is 38.7 Å². The molecule has 0 radical (unpaired) electrons. The van der Waals surface area contributed by atoms with E-state index in [0.29, 0.717) is 0 Å². The number of amides is 1. The van der Waals surface area contributed by atoms with Gasteiger partial charge in [0.1, 0.15) is 12.4 Å². The molecule has 20 heavy (non-hydrogen) atoms. The average molecular weight is 277 g/mol. The Morgan fingerprint density at radius 2 is 2.25 bits per heavy atom. The molecular formula is C15H23N3O2. The molecule has 1 aliphatic heterocycles. The Kier molecular flexibility index (Phi) is 5.68. The Hall–Kier alpha value is -1.75.